The van der Waals surface area contributed by atoms with Crippen molar-refractivity contribution >= 4 is 46.0 Å². The Balaban J connectivity index is 1.68. The number of nitrogens with zero attached hydrogens (tertiary/aromatic N) is 3. The Labute approximate surface area is 143 Å². The summed E-state index contributed by atoms with van der Waals surface area (Å²) in [6, 6.07) is 9.36. The fraction of sp³-hybridized carbons (Fsp3) is 0.188. The van der Waals surface area contributed by atoms with Crippen molar-refractivity contribution in [2.45, 2.75) is 11.8 Å². The fourth-order valence-corrected chi connectivity index (χ4v) is 3.32. The van der Waals surface area contributed by atoms with Crippen molar-refractivity contribution in [1.29, 1.82) is 0 Å². The quantitative estimate of drug-likeness (QED) is 0.732. The minimum Gasteiger partial charge on any atom is -0.324 e. The van der Waals surface area contributed by atoms with Crippen LogP contribution in [0.1, 0.15) is 5.69 Å². The number of amides is 1. The van der Waals surface area contributed by atoms with E-state index in [0.29, 0.717) is 10.7 Å². The lowest BCUT2D eigenvalue weighted by molar-refractivity contribution is -0.113. The van der Waals surface area contributed by atoms with E-state index in [-0.39, 0.29) is 11.7 Å². The summed E-state index contributed by atoms with van der Waals surface area (Å²) in [7, 11) is 1.85. The number of fused-ring (bicyclic) bond motifs is 1. The first-order valence-electron chi connectivity index (χ1n) is 7.01. The largest absolute Gasteiger partial charge is 0.324 e. The Morgan fingerprint density at radius 1 is 1.39 bits per heavy atom. The van der Waals surface area contributed by atoms with Crippen LogP contribution in [0.3, 0.4) is 0 Å². The topological polar surface area (TPSA) is 59.8 Å². The van der Waals surface area contributed by atoms with Crippen LogP contribution in [-0.4, -0.2) is 26.4 Å². The Morgan fingerprint density at radius 2 is 2.17 bits per heavy atom. The lowest BCUT2D eigenvalue weighted by atomic mass is 10.2. The summed E-state index contributed by atoms with van der Waals surface area (Å²) in [5.74, 6) is 0.186. The van der Waals surface area contributed by atoms with Gasteiger partial charge in [0.2, 0.25) is 5.91 Å². The number of aromatic nitrogens is 3. The summed E-state index contributed by atoms with van der Waals surface area (Å²) < 4.78 is 1.73. The van der Waals surface area contributed by atoms with Crippen molar-refractivity contribution < 1.29 is 4.79 Å². The first-order chi connectivity index (χ1) is 11.0. The maximum Gasteiger partial charge on any atom is 0.234 e. The zero-order valence-corrected chi connectivity index (χ0v) is 14.3. The molecule has 3 aromatic rings. The van der Waals surface area contributed by atoms with Gasteiger partial charge in [-0.25, -0.2) is 4.98 Å². The number of pyridine rings is 1. The van der Waals surface area contributed by atoms with E-state index in [1.165, 1.54) is 11.8 Å². The number of nitrogens with one attached hydrogen (secondary N) is 1. The molecule has 0 bridgehead atoms. The molecule has 0 spiro atoms. The molecule has 2 heterocycles. The number of benzene rings is 1. The molecule has 118 valence electrons. The van der Waals surface area contributed by atoms with E-state index in [2.05, 4.69) is 15.4 Å². The van der Waals surface area contributed by atoms with Gasteiger partial charge < -0.3 is 5.32 Å². The minimum absolute atomic E-state index is 0.0994. The van der Waals surface area contributed by atoms with Crippen LogP contribution in [-0.2, 0) is 11.8 Å². The average Bonchev–Trinajstić information content (AvgIpc) is 2.81. The number of rotatable bonds is 4. The van der Waals surface area contributed by atoms with E-state index in [4.69, 9.17) is 11.6 Å². The number of carbonyl (C=O) groups is 1. The lowest BCUT2D eigenvalue weighted by Gasteiger charge is -2.06. The van der Waals surface area contributed by atoms with Crippen LogP contribution >= 0.6 is 23.4 Å². The van der Waals surface area contributed by atoms with Gasteiger partial charge >= 0.3 is 0 Å². The molecule has 0 aliphatic carbocycles. The number of anilines is 1. The summed E-state index contributed by atoms with van der Waals surface area (Å²) in [6.07, 6.45) is 1.64. The molecule has 0 aliphatic heterocycles. The molecular weight excluding hydrogens is 332 g/mol. The number of carbonyl (C=O) groups excluding carboxylic acids is 1. The van der Waals surface area contributed by atoms with Crippen molar-refractivity contribution in [3.63, 3.8) is 0 Å². The Bertz CT molecular complexity index is 878. The molecule has 3 rings (SSSR count). The number of hydrogen-bond donors (Lipinski definition) is 1. The molecule has 0 radical (unpaired) electrons. The maximum absolute atomic E-state index is 12.1. The Morgan fingerprint density at radius 3 is 2.96 bits per heavy atom. The molecule has 2 aromatic heterocycles. The van der Waals surface area contributed by atoms with Crippen molar-refractivity contribution in [2.24, 2.45) is 7.05 Å². The Hall–Kier alpha value is -2.05. The van der Waals surface area contributed by atoms with Gasteiger partial charge in [0.25, 0.3) is 0 Å². The molecule has 23 heavy (non-hydrogen) atoms. The van der Waals surface area contributed by atoms with E-state index >= 15 is 0 Å². The van der Waals surface area contributed by atoms with E-state index in [1.54, 1.807) is 10.9 Å². The molecule has 7 heteroatoms. The van der Waals surface area contributed by atoms with Crippen molar-refractivity contribution in [2.75, 3.05) is 11.1 Å². The van der Waals surface area contributed by atoms with Crippen LogP contribution in [0, 0.1) is 6.92 Å². The smallest absolute Gasteiger partial charge is 0.234 e. The minimum atomic E-state index is -0.0994. The highest BCUT2D eigenvalue weighted by Crippen LogP contribution is 2.26. The molecular formula is C16H15ClN4OS. The molecule has 0 fully saturated rings. The molecule has 0 aliphatic rings. The van der Waals surface area contributed by atoms with Crippen molar-refractivity contribution in [3.8, 4) is 0 Å². The summed E-state index contributed by atoms with van der Waals surface area (Å²) >= 11 is 7.49. The van der Waals surface area contributed by atoms with Crippen LogP contribution in [0.15, 0.2) is 41.4 Å². The lowest BCUT2D eigenvalue weighted by Crippen LogP contribution is -2.14. The first-order valence-corrected chi connectivity index (χ1v) is 8.37. The van der Waals surface area contributed by atoms with E-state index in [0.717, 1.165) is 21.6 Å². The average molecular weight is 347 g/mol. The third-order valence-electron chi connectivity index (χ3n) is 3.34. The van der Waals surface area contributed by atoms with Gasteiger partial charge in [-0.1, -0.05) is 23.7 Å². The second-order valence-corrected chi connectivity index (χ2v) is 6.50. The molecule has 0 atom stereocenters. The van der Waals surface area contributed by atoms with Gasteiger partial charge in [0.1, 0.15) is 0 Å². The van der Waals surface area contributed by atoms with Crippen molar-refractivity contribution in [3.05, 3.63) is 47.2 Å². The van der Waals surface area contributed by atoms with Crippen LogP contribution in [0.2, 0.25) is 5.02 Å². The van der Waals surface area contributed by atoms with Gasteiger partial charge in [0.05, 0.1) is 28.4 Å². The molecule has 0 unspecified atom stereocenters. The van der Waals surface area contributed by atoms with Crippen LogP contribution in [0.5, 0.6) is 0 Å². The number of aryl methyl sites for hydroxylation is 2. The van der Waals surface area contributed by atoms with Gasteiger partial charge in [-0.3, -0.25) is 9.48 Å². The van der Waals surface area contributed by atoms with Crippen molar-refractivity contribution in [1.82, 2.24) is 14.8 Å². The van der Waals surface area contributed by atoms with E-state index < -0.39 is 0 Å². The molecule has 1 N–H and O–H groups in total. The summed E-state index contributed by atoms with van der Waals surface area (Å²) in [4.78, 5) is 17.3. The fourth-order valence-electron chi connectivity index (χ4n) is 2.28. The van der Waals surface area contributed by atoms with Gasteiger partial charge in [-0.15, -0.1) is 11.8 Å². The highest BCUT2D eigenvalue weighted by atomic mass is 35.5. The zero-order chi connectivity index (χ0) is 16.4. The zero-order valence-electron chi connectivity index (χ0n) is 12.7. The van der Waals surface area contributed by atoms with Gasteiger partial charge in [-0.05, 0) is 25.1 Å². The molecule has 0 saturated heterocycles. The summed E-state index contributed by atoms with van der Waals surface area (Å²) in [5.41, 5.74) is 2.35. The highest BCUT2D eigenvalue weighted by molar-refractivity contribution is 8.00. The third kappa shape index (κ3) is 3.48. The van der Waals surface area contributed by atoms with E-state index in [1.807, 2.05) is 44.3 Å². The summed E-state index contributed by atoms with van der Waals surface area (Å²) in [5, 5.41) is 8.76. The standard InChI is InChI=1S/C16H15ClN4OS/c1-10-12-7-11(8-18-16(12)21(2)20-10)19-15(22)9-23-14-6-4-3-5-13(14)17/h3-8H,9H2,1-2H3,(H,19,22). The molecule has 0 saturated carbocycles. The number of halogens is 1. The number of hydrogen-bond acceptors (Lipinski definition) is 4. The second-order valence-electron chi connectivity index (χ2n) is 5.07. The first kappa shape index (κ1) is 15.8. The highest BCUT2D eigenvalue weighted by Gasteiger charge is 2.10. The molecule has 5 nitrogen and oxygen atoms in total. The predicted octanol–water partition coefficient (Wildman–Crippen LogP) is 3.66. The van der Waals surface area contributed by atoms with Crippen LogP contribution in [0.25, 0.3) is 11.0 Å². The van der Waals surface area contributed by atoms with Gasteiger partial charge in [0.15, 0.2) is 5.65 Å². The summed E-state index contributed by atoms with van der Waals surface area (Å²) in [6.45, 7) is 1.92. The van der Waals surface area contributed by atoms with E-state index in [9.17, 15) is 4.79 Å². The monoisotopic (exact) mass is 346 g/mol. The third-order valence-corrected chi connectivity index (χ3v) is 4.86. The number of thioether (sulfide) groups is 1. The predicted molar refractivity (Wildman–Crippen MR) is 94.1 cm³/mol. The molecule has 1 aromatic carbocycles. The normalized spacial score (nSPS) is 10.9. The Kier molecular flexibility index (Phi) is 4.54. The SMILES string of the molecule is Cc1nn(C)c2ncc(NC(=O)CSc3ccccc3Cl)cc12. The van der Waals surface area contributed by atoms with Crippen LogP contribution < -0.4 is 5.32 Å². The van der Waals surface area contributed by atoms with Crippen LogP contribution in [0.4, 0.5) is 5.69 Å². The van der Waals surface area contributed by atoms with Gasteiger partial charge in [0, 0.05) is 17.3 Å². The maximum atomic E-state index is 12.1. The second kappa shape index (κ2) is 6.60. The molecule has 1 amide bonds. The van der Waals surface area contributed by atoms with Gasteiger partial charge in [-0.2, -0.15) is 5.10 Å².